The standard InChI is InChI=1S/C12H16BrNO2/c1-14(3-4-15)8-10-7-11(13)6-9-2-5-16-12(9)10/h6-7,15H,2-5,8H2,1H3. The Kier molecular flexibility index (Phi) is 3.84. The van der Waals surface area contributed by atoms with Crippen LogP contribution in [0.4, 0.5) is 0 Å². The smallest absolute Gasteiger partial charge is 0.127 e. The molecule has 1 aromatic carbocycles. The van der Waals surface area contributed by atoms with E-state index in [1.807, 2.05) is 7.05 Å². The van der Waals surface area contributed by atoms with Gasteiger partial charge in [0.2, 0.25) is 0 Å². The van der Waals surface area contributed by atoms with E-state index >= 15 is 0 Å². The summed E-state index contributed by atoms with van der Waals surface area (Å²) >= 11 is 3.52. The Morgan fingerprint density at radius 1 is 1.50 bits per heavy atom. The normalized spacial score (nSPS) is 14.0. The van der Waals surface area contributed by atoms with Gasteiger partial charge in [0.15, 0.2) is 0 Å². The second-order valence-electron chi connectivity index (χ2n) is 4.11. The van der Waals surface area contributed by atoms with Gasteiger partial charge in [0.25, 0.3) is 0 Å². The molecule has 0 spiro atoms. The van der Waals surface area contributed by atoms with Crippen LogP contribution in [0.3, 0.4) is 0 Å². The molecule has 0 radical (unpaired) electrons. The van der Waals surface area contributed by atoms with Crippen LogP contribution < -0.4 is 4.74 Å². The van der Waals surface area contributed by atoms with Crippen LogP contribution in [0.25, 0.3) is 0 Å². The molecule has 0 saturated carbocycles. The number of fused-ring (bicyclic) bond motifs is 1. The fraction of sp³-hybridized carbons (Fsp3) is 0.500. The molecule has 0 amide bonds. The second kappa shape index (κ2) is 5.17. The molecule has 0 unspecified atom stereocenters. The third-order valence-corrected chi connectivity index (χ3v) is 3.21. The molecular weight excluding hydrogens is 270 g/mol. The predicted octanol–water partition coefficient (Wildman–Crippen LogP) is 1.81. The monoisotopic (exact) mass is 285 g/mol. The van der Waals surface area contributed by atoms with Crippen LogP contribution in [0, 0.1) is 0 Å². The first-order valence-corrected chi connectivity index (χ1v) is 6.23. The number of benzene rings is 1. The molecule has 0 bridgehead atoms. The maximum atomic E-state index is 8.88. The lowest BCUT2D eigenvalue weighted by molar-refractivity contribution is 0.215. The Bertz CT molecular complexity index is 382. The molecule has 4 heteroatoms. The molecule has 0 atom stereocenters. The highest BCUT2D eigenvalue weighted by atomic mass is 79.9. The van der Waals surface area contributed by atoms with E-state index in [4.69, 9.17) is 9.84 Å². The summed E-state index contributed by atoms with van der Waals surface area (Å²) < 4.78 is 6.75. The molecule has 16 heavy (non-hydrogen) atoms. The zero-order valence-electron chi connectivity index (χ0n) is 9.37. The van der Waals surface area contributed by atoms with Gasteiger partial charge >= 0.3 is 0 Å². The van der Waals surface area contributed by atoms with Crippen molar-refractivity contribution in [3.05, 3.63) is 27.7 Å². The van der Waals surface area contributed by atoms with Crippen molar-refractivity contribution < 1.29 is 9.84 Å². The Morgan fingerprint density at radius 3 is 3.06 bits per heavy atom. The fourth-order valence-corrected chi connectivity index (χ4v) is 2.56. The molecule has 0 aromatic heterocycles. The third kappa shape index (κ3) is 2.56. The number of hydrogen-bond acceptors (Lipinski definition) is 3. The number of likely N-dealkylation sites (N-methyl/N-ethyl adjacent to an activating group) is 1. The molecule has 88 valence electrons. The molecule has 1 aliphatic rings. The van der Waals surface area contributed by atoms with Crippen molar-refractivity contribution >= 4 is 15.9 Å². The quantitative estimate of drug-likeness (QED) is 0.916. The van der Waals surface area contributed by atoms with E-state index in [2.05, 4.69) is 33.0 Å². The van der Waals surface area contributed by atoms with Gasteiger partial charge in [-0.2, -0.15) is 0 Å². The summed E-state index contributed by atoms with van der Waals surface area (Å²) in [5, 5.41) is 8.88. The summed E-state index contributed by atoms with van der Waals surface area (Å²) in [7, 11) is 2.00. The first kappa shape index (κ1) is 11.9. The average molecular weight is 286 g/mol. The Balaban J connectivity index is 2.20. The van der Waals surface area contributed by atoms with Gasteiger partial charge in [-0.25, -0.2) is 0 Å². The number of rotatable bonds is 4. The number of aliphatic hydroxyl groups is 1. The van der Waals surface area contributed by atoms with Gasteiger partial charge in [0.05, 0.1) is 13.2 Å². The van der Waals surface area contributed by atoms with Gasteiger partial charge in [-0.1, -0.05) is 15.9 Å². The van der Waals surface area contributed by atoms with Crippen LogP contribution in [0.1, 0.15) is 11.1 Å². The lowest BCUT2D eigenvalue weighted by atomic mass is 10.1. The summed E-state index contributed by atoms with van der Waals surface area (Å²) in [4.78, 5) is 2.09. The van der Waals surface area contributed by atoms with E-state index in [1.165, 1.54) is 11.1 Å². The molecular formula is C12H16BrNO2. The van der Waals surface area contributed by atoms with Crippen LogP contribution in [0.5, 0.6) is 5.75 Å². The highest BCUT2D eigenvalue weighted by Gasteiger charge is 2.18. The minimum Gasteiger partial charge on any atom is -0.493 e. The lowest BCUT2D eigenvalue weighted by Gasteiger charge is -2.17. The van der Waals surface area contributed by atoms with E-state index in [1.54, 1.807) is 0 Å². The number of nitrogens with zero attached hydrogens (tertiary/aromatic N) is 1. The van der Waals surface area contributed by atoms with Crippen molar-refractivity contribution in [2.24, 2.45) is 0 Å². The largest absolute Gasteiger partial charge is 0.493 e. The fourth-order valence-electron chi connectivity index (χ4n) is 2.00. The number of aliphatic hydroxyl groups excluding tert-OH is 1. The zero-order chi connectivity index (χ0) is 11.5. The average Bonchev–Trinajstić information content (AvgIpc) is 2.65. The minimum absolute atomic E-state index is 0.188. The van der Waals surface area contributed by atoms with Crippen molar-refractivity contribution in [1.29, 1.82) is 0 Å². The van der Waals surface area contributed by atoms with Crippen LogP contribution >= 0.6 is 15.9 Å². The van der Waals surface area contributed by atoms with E-state index < -0.39 is 0 Å². The van der Waals surface area contributed by atoms with Crippen LogP contribution in [0.15, 0.2) is 16.6 Å². The number of hydrogen-bond donors (Lipinski definition) is 1. The van der Waals surface area contributed by atoms with Crippen LogP contribution in [-0.4, -0.2) is 36.8 Å². The molecule has 3 nitrogen and oxygen atoms in total. The maximum absolute atomic E-state index is 8.88. The number of ether oxygens (including phenoxy) is 1. The van der Waals surface area contributed by atoms with E-state index in [9.17, 15) is 0 Å². The summed E-state index contributed by atoms with van der Waals surface area (Å²) in [5.74, 6) is 1.04. The maximum Gasteiger partial charge on any atom is 0.127 e. The molecule has 1 N–H and O–H groups in total. The first-order valence-electron chi connectivity index (χ1n) is 5.44. The molecule has 2 rings (SSSR count). The highest BCUT2D eigenvalue weighted by Crippen LogP contribution is 2.33. The van der Waals surface area contributed by atoms with Crippen LogP contribution in [0.2, 0.25) is 0 Å². The summed E-state index contributed by atoms with van der Waals surface area (Å²) in [6.07, 6.45) is 0.992. The van der Waals surface area contributed by atoms with Gasteiger partial charge in [-0.3, -0.25) is 4.90 Å². The molecule has 1 aliphatic heterocycles. The third-order valence-electron chi connectivity index (χ3n) is 2.75. The van der Waals surface area contributed by atoms with Gasteiger partial charge < -0.3 is 9.84 Å². The summed E-state index contributed by atoms with van der Waals surface area (Å²) in [6, 6.07) is 4.22. The first-order chi connectivity index (χ1) is 7.70. The highest BCUT2D eigenvalue weighted by molar-refractivity contribution is 9.10. The van der Waals surface area contributed by atoms with Gasteiger partial charge in [0.1, 0.15) is 5.75 Å². The van der Waals surface area contributed by atoms with Crippen LogP contribution in [-0.2, 0) is 13.0 Å². The Hall–Kier alpha value is -0.580. The van der Waals surface area contributed by atoms with E-state index in [0.717, 1.165) is 29.8 Å². The summed E-state index contributed by atoms with van der Waals surface area (Å²) in [6.45, 7) is 2.46. The van der Waals surface area contributed by atoms with Crippen molar-refractivity contribution in [2.75, 3.05) is 26.8 Å². The topological polar surface area (TPSA) is 32.7 Å². The van der Waals surface area contributed by atoms with Gasteiger partial charge in [-0.05, 0) is 24.7 Å². The Morgan fingerprint density at radius 2 is 2.31 bits per heavy atom. The van der Waals surface area contributed by atoms with Gasteiger partial charge in [0, 0.05) is 29.5 Å². The molecule has 0 aliphatic carbocycles. The van der Waals surface area contributed by atoms with E-state index in [-0.39, 0.29) is 6.61 Å². The summed E-state index contributed by atoms with van der Waals surface area (Å²) in [5.41, 5.74) is 2.47. The molecule has 0 saturated heterocycles. The second-order valence-corrected chi connectivity index (χ2v) is 5.03. The van der Waals surface area contributed by atoms with Crippen molar-refractivity contribution in [3.63, 3.8) is 0 Å². The minimum atomic E-state index is 0.188. The molecule has 1 heterocycles. The predicted molar refractivity (Wildman–Crippen MR) is 66.8 cm³/mol. The van der Waals surface area contributed by atoms with Crippen molar-refractivity contribution in [3.8, 4) is 5.75 Å². The van der Waals surface area contributed by atoms with Gasteiger partial charge in [-0.15, -0.1) is 0 Å². The SMILES string of the molecule is CN(CCO)Cc1cc(Br)cc2c1OCC2. The zero-order valence-corrected chi connectivity index (χ0v) is 11.0. The van der Waals surface area contributed by atoms with Crippen molar-refractivity contribution in [2.45, 2.75) is 13.0 Å². The molecule has 1 aromatic rings. The molecule has 0 fully saturated rings. The van der Waals surface area contributed by atoms with E-state index in [0.29, 0.717) is 6.54 Å². The lowest BCUT2D eigenvalue weighted by Crippen LogP contribution is -2.21. The Labute approximate surface area is 104 Å². The number of halogens is 1. The van der Waals surface area contributed by atoms with Crippen molar-refractivity contribution in [1.82, 2.24) is 4.90 Å².